The Labute approximate surface area is 194 Å². The van der Waals surface area contributed by atoms with Crippen LogP contribution in [0.25, 0.3) is 33.3 Å². The Kier molecular flexibility index (Phi) is 6.42. The van der Waals surface area contributed by atoms with Gasteiger partial charge in [-0.2, -0.15) is 0 Å². The first-order valence-corrected chi connectivity index (χ1v) is 10.9. The minimum absolute atomic E-state index is 0. The largest absolute Gasteiger partial charge is 1.00 e. The highest BCUT2D eigenvalue weighted by molar-refractivity contribution is 6.10. The van der Waals surface area contributed by atoms with E-state index in [0.29, 0.717) is 0 Å². The van der Waals surface area contributed by atoms with Gasteiger partial charge in [0, 0.05) is 35.1 Å². The molecule has 2 aliphatic rings. The van der Waals surface area contributed by atoms with E-state index in [9.17, 15) is 0 Å². The van der Waals surface area contributed by atoms with Gasteiger partial charge in [0.1, 0.15) is 24.3 Å². The number of nitrogens with zero attached hydrogens (tertiary/aromatic N) is 2. The highest BCUT2D eigenvalue weighted by Crippen LogP contribution is 2.34. The number of fused-ring (bicyclic) bond motifs is 4. The van der Waals surface area contributed by atoms with Crippen molar-refractivity contribution in [2.75, 3.05) is 18.4 Å². The fourth-order valence-electron chi connectivity index (χ4n) is 4.17. The summed E-state index contributed by atoms with van der Waals surface area (Å²) in [4.78, 5) is 4.98. The Morgan fingerprint density at radius 2 is 1.56 bits per heavy atom. The number of anilines is 1. The van der Waals surface area contributed by atoms with Gasteiger partial charge in [-0.3, -0.25) is 0 Å². The van der Waals surface area contributed by atoms with E-state index >= 15 is 0 Å². The highest BCUT2D eigenvalue weighted by Gasteiger charge is 2.15. The maximum absolute atomic E-state index is 6.40. The van der Waals surface area contributed by atoms with Crippen LogP contribution in [0, 0.1) is 0 Å². The predicted molar refractivity (Wildman–Crippen MR) is 128 cm³/mol. The lowest BCUT2D eigenvalue weighted by molar-refractivity contribution is -0.00000672. The van der Waals surface area contributed by atoms with E-state index in [0.717, 1.165) is 64.0 Å². The Bertz CT molecular complexity index is 1400. The molecule has 0 saturated carbocycles. The van der Waals surface area contributed by atoms with Crippen molar-refractivity contribution in [3.05, 3.63) is 89.8 Å². The molecule has 1 heterocycles. The highest BCUT2D eigenvalue weighted by atomic mass is 35.5. The zero-order chi connectivity index (χ0) is 21.2. The molecule has 3 aromatic carbocycles. The monoisotopic (exact) mass is 443 g/mol. The molecule has 3 aromatic rings. The number of hydrogen-bond acceptors (Lipinski definition) is 3. The van der Waals surface area contributed by atoms with E-state index in [4.69, 9.17) is 9.40 Å². The third-order valence-corrected chi connectivity index (χ3v) is 5.83. The Hall–Kier alpha value is -3.37. The summed E-state index contributed by atoms with van der Waals surface area (Å²) >= 11 is 0. The Morgan fingerprint density at radius 3 is 2.31 bits per heavy atom. The van der Waals surface area contributed by atoms with E-state index < -0.39 is 0 Å². The van der Waals surface area contributed by atoms with Crippen molar-refractivity contribution < 1.29 is 16.8 Å². The van der Waals surface area contributed by atoms with Crippen molar-refractivity contribution >= 4 is 27.6 Å². The van der Waals surface area contributed by atoms with Gasteiger partial charge in [0.05, 0.1) is 6.07 Å². The molecule has 4 nitrogen and oxygen atoms in total. The zero-order valence-corrected chi connectivity index (χ0v) is 19.1. The minimum Gasteiger partial charge on any atom is -1.00 e. The van der Waals surface area contributed by atoms with E-state index in [1.165, 1.54) is 5.56 Å². The van der Waals surface area contributed by atoms with E-state index in [1.807, 2.05) is 6.07 Å². The molecule has 0 bridgehead atoms. The summed E-state index contributed by atoms with van der Waals surface area (Å²) < 4.78 is 8.71. The molecule has 32 heavy (non-hydrogen) atoms. The van der Waals surface area contributed by atoms with Gasteiger partial charge in [-0.1, -0.05) is 54.6 Å². The maximum Gasteiger partial charge on any atom is 0.203 e. The summed E-state index contributed by atoms with van der Waals surface area (Å²) in [5.74, 6) is 0.807. The number of rotatable bonds is 5. The van der Waals surface area contributed by atoms with Gasteiger partial charge in [0.25, 0.3) is 0 Å². The molecular formula is C27H26ClN3O. The topological polar surface area (TPSA) is 41.1 Å². The molecule has 0 aromatic heterocycles. The second kappa shape index (κ2) is 9.41. The van der Waals surface area contributed by atoms with Crippen LogP contribution >= 0.6 is 0 Å². The second-order valence-electron chi connectivity index (χ2n) is 7.69. The minimum atomic E-state index is 0. The van der Waals surface area contributed by atoms with Crippen LogP contribution in [0.1, 0.15) is 19.4 Å². The van der Waals surface area contributed by atoms with Gasteiger partial charge in [-0.15, -0.1) is 0 Å². The van der Waals surface area contributed by atoms with E-state index in [-0.39, 0.29) is 12.4 Å². The summed E-state index contributed by atoms with van der Waals surface area (Å²) in [6.07, 6.45) is 0. The van der Waals surface area contributed by atoms with Gasteiger partial charge in [-0.05, 0) is 25.5 Å². The second-order valence-corrected chi connectivity index (χ2v) is 7.69. The first kappa shape index (κ1) is 21.8. The molecule has 0 fully saturated rings. The number of nitrogens with one attached hydrogen (secondary N) is 1. The van der Waals surface area contributed by atoms with Crippen LogP contribution in [0.4, 0.5) is 5.69 Å². The molecule has 162 valence electrons. The standard InChI is InChI=1S/C27H25N3O.ClH/c1-3-30(4-2)20-14-15-23-25(16-20)31-26-17-24(28-18-19-10-6-5-7-11-19)21-12-8-9-13-22(21)27(26)29-23;/h5-17H,3-4,18H2,1-2H3;1H. The number of halogens is 1. The van der Waals surface area contributed by atoms with Crippen molar-refractivity contribution in [2.45, 2.75) is 20.4 Å². The Morgan fingerprint density at radius 1 is 0.844 bits per heavy atom. The zero-order valence-electron chi connectivity index (χ0n) is 18.3. The van der Waals surface area contributed by atoms with Crippen LogP contribution in [0.5, 0.6) is 0 Å². The number of hydrogen-bond donors (Lipinski definition) is 1. The van der Waals surface area contributed by atoms with Crippen LogP contribution in [-0.2, 0) is 6.54 Å². The molecule has 1 aliphatic carbocycles. The predicted octanol–water partition coefficient (Wildman–Crippen LogP) is 2.51. The summed E-state index contributed by atoms with van der Waals surface area (Å²) in [5, 5.41) is 6.99. The third kappa shape index (κ3) is 4.06. The number of benzene rings is 4. The first-order valence-electron chi connectivity index (χ1n) is 10.9. The van der Waals surface area contributed by atoms with E-state index in [2.05, 4.69) is 96.5 Å². The number of aromatic nitrogens is 1. The molecule has 0 atom stereocenters. The van der Waals surface area contributed by atoms with Crippen LogP contribution in [0.15, 0.2) is 83.3 Å². The van der Waals surface area contributed by atoms with Crippen molar-refractivity contribution in [1.82, 2.24) is 9.56 Å². The van der Waals surface area contributed by atoms with Crippen molar-refractivity contribution in [1.29, 1.82) is 0 Å². The quantitative estimate of drug-likeness (QED) is 0.258. The van der Waals surface area contributed by atoms with E-state index in [1.54, 1.807) is 0 Å². The lowest BCUT2D eigenvalue weighted by atomic mass is 10.1. The van der Waals surface area contributed by atoms with Crippen LogP contribution in [0.2, 0.25) is 0 Å². The van der Waals surface area contributed by atoms with Gasteiger partial charge in [-0.25, -0.2) is 9.56 Å². The van der Waals surface area contributed by atoms with Crippen molar-refractivity contribution in [3.8, 4) is 11.5 Å². The summed E-state index contributed by atoms with van der Waals surface area (Å²) in [6, 6.07) is 27.2. The molecular weight excluding hydrogens is 418 g/mol. The average molecular weight is 444 g/mol. The Balaban J connectivity index is 0.00000245. The van der Waals surface area contributed by atoms with Crippen molar-refractivity contribution in [2.24, 2.45) is 0 Å². The summed E-state index contributed by atoms with van der Waals surface area (Å²) in [7, 11) is 0. The summed E-state index contributed by atoms with van der Waals surface area (Å²) in [5.41, 5.74) is 4.85. The van der Waals surface area contributed by atoms with Crippen molar-refractivity contribution in [3.63, 3.8) is 0 Å². The first-order chi connectivity index (χ1) is 15.3. The van der Waals surface area contributed by atoms with Gasteiger partial charge >= 0.3 is 0 Å². The van der Waals surface area contributed by atoms with Crippen LogP contribution in [-0.4, -0.2) is 18.1 Å². The average Bonchev–Trinajstić information content (AvgIpc) is 2.83. The molecule has 1 N–H and O–H groups in total. The molecule has 1 aliphatic heterocycles. The van der Waals surface area contributed by atoms with Crippen LogP contribution in [0.3, 0.4) is 0 Å². The molecule has 5 rings (SSSR count). The molecule has 0 amide bonds. The molecule has 0 spiro atoms. The molecule has 0 saturated heterocycles. The SMILES string of the molecule is CC[N+](CC)=c1ccc2nc3c(cc(NCc4ccccc4)c4ccccc43)oc-2c1.[Cl-]. The lowest BCUT2D eigenvalue weighted by Crippen LogP contribution is -3.00. The smallest absolute Gasteiger partial charge is 0.203 e. The summed E-state index contributed by atoms with van der Waals surface area (Å²) in [6.45, 7) is 7.01. The molecule has 5 heteroatoms. The van der Waals surface area contributed by atoms with Crippen LogP contribution < -0.4 is 27.7 Å². The fraction of sp³-hybridized carbons (Fsp3) is 0.185. The third-order valence-electron chi connectivity index (χ3n) is 5.83. The fourth-order valence-corrected chi connectivity index (χ4v) is 4.17. The van der Waals surface area contributed by atoms with Gasteiger partial charge < -0.3 is 22.1 Å². The molecule has 0 unspecified atom stereocenters. The maximum atomic E-state index is 6.40. The normalized spacial score (nSPS) is 10.9. The van der Waals surface area contributed by atoms with Gasteiger partial charge in [0.15, 0.2) is 11.3 Å². The molecule has 0 radical (unpaired) electrons. The van der Waals surface area contributed by atoms with Gasteiger partial charge in [0.2, 0.25) is 5.36 Å². The lowest BCUT2D eigenvalue weighted by Gasteiger charge is -2.13.